The van der Waals surface area contributed by atoms with Gasteiger partial charge >= 0.3 is 5.97 Å². The molecule has 3 aromatic carbocycles. The molecule has 0 spiro atoms. The third-order valence-electron chi connectivity index (χ3n) is 6.47. The maximum Gasteiger partial charge on any atom is 0.336 e. The van der Waals surface area contributed by atoms with E-state index >= 15 is 0 Å². The summed E-state index contributed by atoms with van der Waals surface area (Å²) >= 11 is 6.19. The van der Waals surface area contributed by atoms with Crippen LogP contribution in [0, 0.1) is 5.82 Å². The third-order valence-corrected chi connectivity index (χ3v) is 6.70. The average Bonchev–Trinajstić information content (AvgIpc) is 2.90. The van der Waals surface area contributed by atoms with Crippen LogP contribution in [0.15, 0.2) is 84.1 Å². The molecule has 0 radical (unpaired) electrons. The van der Waals surface area contributed by atoms with Crippen molar-refractivity contribution in [3.05, 3.63) is 117 Å². The van der Waals surface area contributed by atoms with Crippen molar-refractivity contribution >= 4 is 29.4 Å². The van der Waals surface area contributed by atoms with Crippen molar-refractivity contribution in [1.29, 1.82) is 0 Å². The van der Waals surface area contributed by atoms with Crippen LogP contribution in [0.4, 0.5) is 4.39 Å². The Kier molecular flexibility index (Phi) is 8.59. The number of carbonyl (C=O) groups excluding carboxylic acids is 3. The van der Waals surface area contributed by atoms with E-state index in [4.69, 9.17) is 16.3 Å². The number of ether oxygens (including phenoxy) is 1. The molecule has 3 aromatic rings. The lowest BCUT2D eigenvalue weighted by Gasteiger charge is -2.34. The molecule has 196 valence electrons. The van der Waals surface area contributed by atoms with Crippen LogP contribution in [0.25, 0.3) is 0 Å². The summed E-state index contributed by atoms with van der Waals surface area (Å²) in [4.78, 5) is 40.6. The number of rotatable bonds is 8. The molecule has 0 bridgehead atoms. The standard InChI is InChI=1S/C30H28ClFN2O4/c1-3-38-30(37)28-19(2)34(27(35)16-26(28)22-7-5-9-24(31)15-22)18-21-6-4-8-23(14-21)29(36)33-17-20-10-12-25(32)13-11-20/h4-15,26H,3,16-18H2,1-2H3,(H,33,36). The number of nitrogens with one attached hydrogen (secondary N) is 1. The van der Waals surface area contributed by atoms with Crippen molar-refractivity contribution in [3.8, 4) is 0 Å². The lowest BCUT2D eigenvalue weighted by molar-refractivity contribution is -0.140. The highest BCUT2D eigenvalue weighted by molar-refractivity contribution is 6.30. The van der Waals surface area contributed by atoms with Gasteiger partial charge in [0, 0.05) is 35.2 Å². The van der Waals surface area contributed by atoms with E-state index in [0.717, 1.165) is 16.7 Å². The Morgan fingerprint density at radius 2 is 1.79 bits per heavy atom. The number of amides is 2. The summed E-state index contributed by atoms with van der Waals surface area (Å²) in [5.41, 5.74) is 3.64. The maximum absolute atomic E-state index is 13.3. The second kappa shape index (κ2) is 12.0. The molecule has 8 heteroatoms. The fraction of sp³-hybridized carbons (Fsp3) is 0.233. The number of benzene rings is 3. The van der Waals surface area contributed by atoms with Gasteiger partial charge in [0.1, 0.15) is 5.82 Å². The van der Waals surface area contributed by atoms with E-state index in [1.807, 2.05) is 12.1 Å². The van der Waals surface area contributed by atoms with Crippen molar-refractivity contribution in [2.45, 2.75) is 39.3 Å². The molecule has 1 N–H and O–H groups in total. The van der Waals surface area contributed by atoms with E-state index in [1.165, 1.54) is 12.1 Å². The van der Waals surface area contributed by atoms with E-state index in [9.17, 15) is 18.8 Å². The van der Waals surface area contributed by atoms with Crippen molar-refractivity contribution in [1.82, 2.24) is 10.2 Å². The van der Waals surface area contributed by atoms with Gasteiger partial charge in [-0.2, -0.15) is 0 Å². The number of carbonyl (C=O) groups is 3. The molecule has 1 unspecified atom stereocenters. The van der Waals surface area contributed by atoms with Crippen LogP contribution in [0.2, 0.25) is 5.02 Å². The van der Waals surface area contributed by atoms with E-state index < -0.39 is 11.9 Å². The smallest absolute Gasteiger partial charge is 0.336 e. The lowest BCUT2D eigenvalue weighted by atomic mass is 9.83. The molecule has 0 aromatic heterocycles. The average molecular weight is 535 g/mol. The van der Waals surface area contributed by atoms with Crippen LogP contribution in [0.5, 0.6) is 0 Å². The minimum Gasteiger partial charge on any atom is -0.463 e. The Labute approximate surface area is 226 Å². The maximum atomic E-state index is 13.3. The van der Waals surface area contributed by atoms with Gasteiger partial charge in [-0.15, -0.1) is 0 Å². The molecule has 0 saturated carbocycles. The Hall–Kier alpha value is -3.97. The van der Waals surface area contributed by atoms with Gasteiger partial charge in [-0.3, -0.25) is 9.59 Å². The van der Waals surface area contributed by atoms with Crippen LogP contribution in [-0.4, -0.2) is 29.3 Å². The molecule has 2 amide bonds. The molecule has 1 heterocycles. The predicted octanol–water partition coefficient (Wildman–Crippen LogP) is 5.76. The van der Waals surface area contributed by atoms with Crippen LogP contribution in [-0.2, 0) is 27.4 Å². The fourth-order valence-corrected chi connectivity index (χ4v) is 4.76. The van der Waals surface area contributed by atoms with Gasteiger partial charge in [-0.25, -0.2) is 9.18 Å². The van der Waals surface area contributed by atoms with E-state index in [2.05, 4.69) is 5.32 Å². The minimum absolute atomic E-state index is 0.0870. The summed E-state index contributed by atoms with van der Waals surface area (Å²) in [5.74, 6) is -1.72. The highest BCUT2D eigenvalue weighted by Gasteiger charge is 2.37. The first kappa shape index (κ1) is 27.1. The number of halogens is 2. The summed E-state index contributed by atoms with van der Waals surface area (Å²) in [6.07, 6.45) is 0.0870. The predicted molar refractivity (Wildman–Crippen MR) is 143 cm³/mol. The van der Waals surface area contributed by atoms with E-state index in [0.29, 0.717) is 21.9 Å². The molecule has 1 aliphatic rings. The Morgan fingerprint density at radius 3 is 2.50 bits per heavy atom. The molecule has 38 heavy (non-hydrogen) atoms. The molecule has 4 rings (SSSR count). The SMILES string of the molecule is CCOC(=O)C1=C(C)N(Cc2cccc(C(=O)NCc3ccc(F)cc3)c2)C(=O)CC1c1cccc(Cl)c1. The molecule has 0 saturated heterocycles. The molecule has 1 atom stereocenters. The summed E-state index contributed by atoms with van der Waals surface area (Å²) < 4.78 is 18.5. The largest absolute Gasteiger partial charge is 0.463 e. The molecule has 0 aliphatic carbocycles. The molecule has 6 nitrogen and oxygen atoms in total. The van der Waals surface area contributed by atoms with Gasteiger partial charge in [0.05, 0.1) is 18.7 Å². The van der Waals surface area contributed by atoms with Crippen LogP contribution in [0.3, 0.4) is 0 Å². The molecular formula is C30H28ClFN2O4. The van der Waals surface area contributed by atoms with E-state index in [1.54, 1.807) is 67.3 Å². The number of hydrogen-bond acceptors (Lipinski definition) is 4. The van der Waals surface area contributed by atoms with Gasteiger partial charge in [0.25, 0.3) is 5.91 Å². The summed E-state index contributed by atoms with van der Waals surface area (Å²) in [5, 5.41) is 3.35. The zero-order valence-electron chi connectivity index (χ0n) is 21.2. The van der Waals surface area contributed by atoms with Crippen molar-refractivity contribution in [2.75, 3.05) is 6.61 Å². The first-order valence-corrected chi connectivity index (χ1v) is 12.7. The summed E-state index contributed by atoms with van der Waals surface area (Å²) in [6, 6.07) is 20.0. The molecule has 1 aliphatic heterocycles. The van der Waals surface area contributed by atoms with Gasteiger partial charge < -0.3 is 15.0 Å². The van der Waals surface area contributed by atoms with E-state index in [-0.39, 0.29) is 43.7 Å². The lowest BCUT2D eigenvalue weighted by Crippen LogP contribution is -2.38. The summed E-state index contributed by atoms with van der Waals surface area (Å²) in [6.45, 7) is 4.13. The van der Waals surface area contributed by atoms with Gasteiger partial charge in [-0.05, 0) is 66.9 Å². The first-order valence-electron chi connectivity index (χ1n) is 12.3. The Bertz CT molecular complexity index is 1390. The highest BCUT2D eigenvalue weighted by atomic mass is 35.5. The fourth-order valence-electron chi connectivity index (χ4n) is 4.57. The van der Waals surface area contributed by atoms with Gasteiger partial charge in [0.2, 0.25) is 5.91 Å². The zero-order chi connectivity index (χ0) is 27.2. The minimum atomic E-state index is -0.472. The first-order chi connectivity index (χ1) is 18.3. The molecule has 0 fully saturated rings. The highest BCUT2D eigenvalue weighted by Crippen LogP contribution is 2.38. The number of esters is 1. The Balaban J connectivity index is 1.56. The number of nitrogens with zero attached hydrogens (tertiary/aromatic N) is 1. The number of hydrogen-bond donors (Lipinski definition) is 1. The monoisotopic (exact) mass is 534 g/mol. The van der Waals surface area contributed by atoms with Crippen LogP contribution < -0.4 is 5.32 Å². The Morgan fingerprint density at radius 1 is 1.05 bits per heavy atom. The normalized spacial score (nSPS) is 15.4. The van der Waals surface area contributed by atoms with Crippen molar-refractivity contribution in [3.63, 3.8) is 0 Å². The van der Waals surface area contributed by atoms with Gasteiger partial charge in [-0.1, -0.05) is 48.0 Å². The van der Waals surface area contributed by atoms with Crippen LogP contribution >= 0.6 is 11.6 Å². The number of allylic oxidation sites excluding steroid dienone is 1. The van der Waals surface area contributed by atoms with Crippen molar-refractivity contribution in [2.24, 2.45) is 0 Å². The molecular weight excluding hydrogens is 507 g/mol. The second-order valence-corrected chi connectivity index (χ2v) is 9.46. The third kappa shape index (κ3) is 6.29. The quantitative estimate of drug-likeness (QED) is 0.373. The summed E-state index contributed by atoms with van der Waals surface area (Å²) in [7, 11) is 0. The topological polar surface area (TPSA) is 75.7 Å². The second-order valence-electron chi connectivity index (χ2n) is 9.02. The van der Waals surface area contributed by atoms with Crippen LogP contribution in [0.1, 0.15) is 53.2 Å². The zero-order valence-corrected chi connectivity index (χ0v) is 21.9. The van der Waals surface area contributed by atoms with Gasteiger partial charge in [0.15, 0.2) is 0 Å². The van der Waals surface area contributed by atoms with Crippen molar-refractivity contribution < 1.29 is 23.5 Å².